The predicted octanol–water partition coefficient (Wildman–Crippen LogP) is 3.85. The molecule has 0 heterocycles. The highest BCUT2D eigenvalue weighted by Gasteiger charge is 2.29. The summed E-state index contributed by atoms with van der Waals surface area (Å²) in [4.78, 5) is 51.2. The Morgan fingerprint density at radius 1 is 0.941 bits per heavy atom. The molecule has 9 nitrogen and oxygen atoms in total. The summed E-state index contributed by atoms with van der Waals surface area (Å²) in [5.74, 6) is -1.90. The van der Waals surface area contributed by atoms with E-state index >= 15 is 0 Å². The van der Waals surface area contributed by atoms with E-state index < -0.39 is 28.7 Å². The van der Waals surface area contributed by atoms with Gasteiger partial charge < -0.3 is 15.0 Å². The van der Waals surface area contributed by atoms with Crippen LogP contribution in [0, 0.1) is 10.1 Å². The second-order valence-electron chi connectivity index (χ2n) is 7.54. The largest absolute Gasteiger partial charge is 0.444 e. The maximum Gasteiger partial charge on any atom is 0.340 e. The van der Waals surface area contributed by atoms with Gasteiger partial charge in [0.25, 0.3) is 11.6 Å². The molecule has 0 spiro atoms. The highest BCUT2D eigenvalue weighted by Crippen LogP contribution is 2.28. The molecule has 0 aromatic heterocycles. The summed E-state index contributed by atoms with van der Waals surface area (Å²) >= 11 is 0. The number of nitro benzene ring substituents is 1. The average Bonchev–Trinajstić information content (AvgIpc) is 2.86. The van der Waals surface area contributed by atoms with Crippen molar-refractivity contribution in [1.29, 1.82) is 0 Å². The Morgan fingerprint density at radius 3 is 2.15 bits per heavy atom. The molecule has 174 valence electrons. The minimum atomic E-state index is -1.21. The van der Waals surface area contributed by atoms with Crippen LogP contribution in [0.2, 0.25) is 0 Å². The number of likely N-dealkylation sites (N-methyl/N-ethyl adjacent to an activating group) is 1. The van der Waals surface area contributed by atoms with Crippen molar-refractivity contribution in [2.75, 3.05) is 26.5 Å². The minimum absolute atomic E-state index is 0.00289. The first-order valence-corrected chi connectivity index (χ1v) is 10.3. The second kappa shape index (κ2) is 10.4. The van der Waals surface area contributed by atoms with Gasteiger partial charge >= 0.3 is 5.97 Å². The van der Waals surface area contributed by atoms with E-state index in [2.05, 4.69) is 5.32 Å². The molecule has 0 aliphatic carbocycles. The topological polar surface area (TPSA) is 119 Å². The molecule has 0 saturated carbocycles. The number of ether oxygens (including phenoxy) is 1. The maximum atomic E-state index is 13.2. The number of ketones is 1. The summed E-state index contributed by atoms with van der Waals surface area (Å²) in [5, 5.41) is 14.1. The lowest BCUT2D eigenvalue weighted by Gasteiger charge is -2.21. The monoisotopic (exact) mass is 461 g/mol. The molecule has 0 fully saturated rings. The number of benzene rings is 3. The van der Waals surface area contributed by atoms with E-state index in [1.807, 2.05) is 0 Å². The number of nitrogens with zero attached hydrogens (tertiary/aromatic N) is 2. The summed E-state index contributed by atoms with van der Waals surface area (Å²) in [6.45, 7) is 0. The Kier molecular flexibility index (Phi) is 7.37. The Hall–Kier alpha value is -4.53. The lowest BCUT2D eigenvalue weighted by Crippen LogP contribution is -2.31. The second-order valence-corrected chi connectivity index (χ2v) is 7.54. The molecule has 0 bridgehead atoms. The number of rotatable bonds is 8. The first-order valence-electron chi connectivity index (χ1n) is 10.3. The Labute approximate surface area is 196 Å². The van der Waals surface area contributed by atoms with Crippen LogP contribution in [0.3, 0.4) is 0 Å². The molecule has 34 heavy (non-hydrogen) atoms. The van der Waals surface area contributed by atoms with E-state index in [0.717, 1.165) is 6.07 Å². The van der Waals surface area contributed by atoms with Gasteiger partial charge in [-0.2, -0.15) is 0 Å². The van der Waals surface area contributed by atoms with Gasteiger partial charge in [0.05, 0.1) is 10.5 Å². The van der Waals surface area contributed by atoms with Gasteiger partial charge in [0.1, 0.15) is 5.69 Å². The third kappa shape index (κ3) is 5.09. The number of anilines is 1. The fourth-order valence-corrected chi connectivity index (χ4v) is 3.34. The molecule has 3 aromatic carbocycles. The molecule has 0 unspecified atom stereocenters. The van der Waals surface area contributed by atoms with Crippen LogP contribution in [-0.2, 0) is 9.53 Å². The molecular weight excluding hydrogens is 438 g/mol. The molecule has 1 amide bonds. The van der Waals surface area contributed by atoms with Crippen molar-refractivity contribution in [2.24, 2.45) is 0 Å². The molecule has 3 rings (SSSR count). The smallest absolute Gasteiger partial charge is 0.340 e. The molecule has 1 atom stereocenters. The van der Waals surface area contributed by atoms with Gasteiger partial charge in [0.15, 0.2) is 5.78 Å². The molecular formula is C25H23N3O6. The van der Waals surface area contributed by atoms with E-state index in [1.165, 1.54) is 36.2 Å². The van der Waals surface area contributed by atoms with Crippen molar-refractivity contribution in [3.63, 3.8) is 0 Å². The van der Waals surface area contributed by atoms with Crippen molar-refractivity contribution in [3.8, 4) is 0 Å². The van der Waals surface area contributed by atoms with E-state index in [9.17, 15) is 24.5 Å². The summed E-state index contributed by atoms with van der Waals surface area (Å²) in [5.41, 5.74) is 0.450. The van der Waals surface area contributed by atoms with E-state index in [1.54, 1.807) is 56.6 Å². The molecule has 0 saturated heterocycles. The number of nitro groups is 1. The number of carbonyl (C=O) groups is 3. The zero-order valence-corrected chi connectivity index (χ0v) is 18.8. The van der Waals surface area contributed by atoms with E-state index in [0.29, 0.717) is 5.56 Å². The zero-order valence-electron chi connectivity index (χ0n) is 18.8. The SMILES string of the molecule is CNc1ccc(C(=O)c2ccccc2C(=O)O[C@H](C(=O)N(C)C)c2ccccc2)cc1[N+](=O)[O-]. The van der Waals surface area contributed by atoms with Crippen LogP contribution < -0.4 is 5.32 Å². The average molecular weight is 461 g/mol. The van der Waals surface area contributed by atoms with Crippen molar-refractivity contribution in [2.45, 2.75) is 6.10 Å². The fourth-order valence-electron chi connectivity index (χ4n) is 3.34. The highest BCUT2D eigenvalue weighted by molar-refractivity contribution is 6.15. The van der Waals surface area contributed by atoms with Crippen molar-refractivity contribution < 1.29 is 24.0 Å². The summed E-state index contributed by atoms with van der Waals surface area (Å²) in [7, 11) is 4.63. The van der Waals surface area contributed by atoms with Gasteiger partial charge in [0, 0.05) is 43.9 Å². The van der Waals surface area contributed by atoms with Crippen molar-refractivity contribution in [1.82, 2.24) is 4.90 Å². The van der Waals surface area contributed by atoms with Crippen LogP contribution >= 0.6 is 0 Å². The first kappa shape index (κ1) is 24.1. The highest BCUT2D eigenvalue weighted by atomic mass is 16.6. The maximum absolute atomic E-state index is 13.2. The van der Waals surface area contributed by atoms with Crippen LogP contribution in [0.1, 0.15) is 37.9 Å². The van der Waals surface area contributed by atoms with Gasteiger partial charge in [-0.25, -0.2) is 4.79 Å². The lowest BCUT2D eigenvalue weighted by molar-refractivity contribution is -0.384. The predicted molar refractivity (Wildman–Crippen MR) is 126 cm³/mol. The molecule has 1 N–H and O–H groups in total. The normalized spacial score (nSPS) is 11.3. The molecule has 0 aliphatic heterocycles. The summed E-state index contributed by atoms with van der Waals surface area (Å²) in [6.07, 6.45) is -1.21. The van der Waals surface area contributed by atoms with Gasteiger partial charge in [-0.1, -0.05) is 48.5 Å². The first-order chi connectivity index (χ1) is 16.2. The summed E-state index contributed by atoms with van der Waals surface area (Å²) in [6, 6.07) is 18.5. The number of amides is 1. The van der Waals surface area contributed by atoms with Gasteiger partial charge in [-0.05, 0) is 18.2 Å². The quantitative estimate of drug-likeness (QED) is 0.234. The van der Waals surface area contributed by atoms with Crippen LogP contribution in [0.15, 0.2) is 72.8 Å². The van der Waals surface area contributed by atoms with Crippen molar-refractivity contribution in [3.05, 3.63) is 105 Å². The number of hydrogen-bond acceptors (Lipinski definition) is 7. The Morgan fingerprint density at radius 2 is 1.56 bits per heavy atom. The third-order valence-corrected chi connectivity index (χ3v) is 5.11. The van der Waals surface area contributed by atoms with E-state index in [4.69, 9.17) is 4.74 Å². The standard InChI is InChI=1S/C25H23N3O6/c1-26-20-14-13-17(15-21(20)28(32)33)22(29)18-11-7-8-12-19(18)25(31)34-23(24(30)27(2)3)16-9-5-4-6-10-16/h4-15,23,26H,1-3H3/t23-/m0/s1. The summed E-state index contributed by atoms with van der Waals surface area (Å²) < 4.78 is 5.57. The number of carbonyl (C=O) groups excluding carboxylic acids is 3. The molecule has 3 aromatic rings. The number of hydrogen-bond donors (Lipinski definition) is 1. The van der Waals surface area contributed by atoms with Gasteiger partial charge in [-0.3, -0.25) is 19.7 Å². The Balaban J connectivity index is 1.98. The molecule has 0 aliphatic rings. The number of nitrogens with one attached hydrogen (secondary N) is 1. The fraction of sp³-hybridized carbons (Fsp3) is 0.160. The van der Waals surface area contributed by atoms with Gasteiger partial charge in [-0.15, -0.1) is 0 Å². The van der Waals surface area contributed by atoms with Crippen molar-refractivity contribution >= 4 is 29.0 Å². The van der Waals surface area contributed by atoms with Crippen LogP contribution in [-0.4, -0.2) is 48.6 Å². The lowest BCUT2D eigenvalue weighted by atomic mass is 9.97. The van der Waals surface area contributed by atoms with E-state index in [-0.39, 0.29) is 28.1 Å². The van der Waals surface area contributed by atoms with Gasteiger partial charge in [0.2, 0.25) is 6.10 Å². The Bertz CT molecular complexity index is 1240. The third-order valence-electron chi connectivity index (χ3n) is 5.11. The van der Waals surface area contributed by atoms with Crippen LogP contribution in [0.5, 0.6) is 0 Å². The number of esters is 1. The molecule has 0 radical (unpaired) electrons. The minimum Gasteiger partial charge on any atom is -0.444 e. The van der Waals surface area contributed by atoms with Crippen LogP contribution in [0.25, 0.3) is 0 Å². The van der Waals surface area contributed by atoms with Crippen LogP contribution in [0.4, 0.5) is 11.4 Å². The zero-order chi connectivity index (χ0) is 24.8. The molecule has 9 heteroatoms.